The lowest BCUT2D eigenvalue weighted by molar-refractivity contribution is 0.598. The molecule has 0 fully saturated rings. The Balaban J connectivity index is 2.54. The van der Waals surface area contributed by atoms with Crippen LogP contribution in [0.4, 0.5) is 5.69 Å². The fraction of sp³-hybridized carbons (Fsp3) is 0.182. The van der Waals surface area contributed by atoms with Crippen LogP contribution in [-0.2, 0) is 16.4 Å². The SMILES string of the molecule is CCc1nccn1-c1ccc(S(N)(=O)=O)c(N)c1. The van der Waals surface area contributed by atoms with Crippen LogP contribution in [0.15, 0.2) is 35.5 Å². The first-order chi connectivity index (χ1) is 8.43. The van der Waals surface area contributed by atoms with Gasteiger partial charge in [-0.2, -0.15) is 0 Å². The van der Waals surface area contributed by atoms with Gasteiger partial charge >= 0.3 is 0 Å². The topological polar surface area (TPSA) is 104 Å². The summed E-state index contributed by atoms with van der Waals surface area (Å²) in [5.74, 6) is 0.873. The minimum absolute atomic E-state index is 0.0654. The van der Waals surface area contributed by atoms with E-state index in [1.54, 1.807) is 24.5 Å². The van der Waals surface area contributed by atoms with Crippen molar-refractivity contribution in [2.24, 2.45) is 5.14 Å². The third-order valence-corrected chi connectivity index (χ3v) is 3.60. The van der Waals surface area contributed by atoms with Gasteiger partial charge in [-0.25, -0.2) is 18.5 Å². The number of rotatable bonds is 3. The predicted molar refractivity (Wildman–Crippen MR) is 68.7 cm³/mol. The first-order valence-corrected chi connectivity index (χ1v) is 6.93. The highest BCUT2D eigenvalue weighted by Gasteiger charge is 2.13. The van der Waals surface area contributed by atoms with Gasteiger partial charge in [0, 0.05) is 24.5 Å². The monoisotopic (exact) mass is 266 g/mol. The molecule has 1 heterocycles. The van der Waals surface area contributed by atoms with Crippen molar-refractivity contribution in [1.82, 2.24) is 9.55 Å². The van der Waals surface area contributed by atoms with Gasteiger partial charge in [-0.3, -0.25) is 0 Å². The van der Waals surface area contributed by atoms with Crippen molar-refractivity contribution in [1.29, 1.82) is 0 Å². The zero-order valence-electron chi connectivity index (χ0n) is 9.87. The van der Waals surface area contributed by atoms with Crippen molar-refractivity contribution in [3.63, 3.8) is 0 Å². The van der Waals surface area contributed by atoms with Crippen LogP contribution in [0.5, 0.6) is 0 Å². The minimum atomic E-state index is -3.78. The molecule has 0 amide bonds. The van der Waals surface area contributed by atoms with Gasteiger partial charge in [-0.05, 0) is 18.2 Å². The number of benzene rings is 1. The minimum Gasteiger partial charge on any atom is -0.398 e. The summed E-state index contributed by atoms with van der Waals surface area (Å²) in [5, 5.41) is 5.06. The van der Waals surface area contributed by atoms with E-state index < -0.39 is 10.0 Å². The van der Waals surface area contributed by atoms with Crippen LogP contribution in [0.3, 0.4) is 0 Å². The lowest BCUT2D eigenvalue weighted by Crippen LogP contribution is -2.14. The van der Waals surface area contributed by atoms with Gasteiger partial charge in [0.15, 0.2) is 0 Å². The second kappa shape index (κ2) is 4.43. The second-order valence-corrected chi connectivity index (χ2v) is 5.36. The molecule has 0 aliphatic heterocycles. The number of nitrogens with zero attached hydrogens (tertiary/aromatic N) is 2. The first-order valence-electron chi connectivity index (χ1n) is 5.38. The molecule has 0 atom stereocenters. The number of imidazole rings is 1. The molecule has 4 N–H and O–H groups in total. The van der Waals surface area contributed by atoms with Gasteiger partial charge in [0.05, 0.1) is 5.69 Å². The van der Waals surface area contributed by atoms with E-state index in [9.17, 15) is 8.42 Å². The number of hydrogen-bond donors (Lipinski definition) is 2. The summed E-state index contributed by atoms with van der Waals surface area (Å²) in [7, 11) is -3.78. The van der Waals surface area contributed by atoms with Crippen molar-refractivity contribution in [3.8, 4) is 5.69 Å². The third kappa shape index (κ3) is 2.22. The fourth-order valence-corrected chi connectivity index (χ4v) is 2.42. The van der Waals surface area contributed by atoms with Crippen LogP contribution in [0.2, 0.25) is 0 Å². The van der Waals surface area contributed by atoms with E-state index >= 15 is 0 Å². The molecule has 0 aliphatic rings. The summed E-state index contributed by atoms with van der Waals surface area (Å²) >= 11 is 0. The lowest BCUT2D eigenvalue weighted by Gasteiger charge is -2.09. The van der Waals surface area contributed by atoms with Crippen molar-refractivity contribution in [3.05, 3.63) is 36.4 Å². The maximum atomic E-state index is 11.3. The van der Waals surface area contributed by atoms with E-state index in [1.165, 1.54) is 6.07 Å². The largest absolute Gasteiger partial charge is 0.398 e. The van der Waals surface area contributed by atoms with Gasteiger partial charge in [0.25, 0.3) is 0 Å². The van der Waals surface area contributed by atoms with E-state index in [0.29, 0.717) is 0 Å². The number of hydrogen-bond acceptors (Lipinski definition) is 4. The fourth-order valence-electron chi connectivity index (χ4n) is 1.78. The molecule has 2 aromatic rings. The number of nitrogens with two attached hydrogens (primary N) is 2. The van der Waals surface area contributed by atoms with Crippen LogP contribution in [0.1, 0.15) is 12.7 Å². The maximum Gasteiger partial charge on any atom is 0.240 e. The van der Waals surface area contributed by atoms with Crippen LogP contribution in [0.25, 0.3) is 5.69 Å². The molecule has 0 aliphatic carbocycles. The highest BCUT2D eigenvalue weighted by atomic mass is 32.2. The summed E-state index contributed by atoms with van der Waals surface area (Å²) < 4.78 is 24.4. The zero-order chi connectivity index (χ0) is 13.3. The molecule has 0 saturated heterocycles. The lowest BCUT2D eigenvalue weighted by atomic mass is 10.2. The van der Waals surface area contributed by atoms with Gasteiger partial charge < -0.3 is 10.3 Å². The number of primary sulfonamides is 1. The van der Waals surface area contributed by atoms with E-state index in [0.717, 1.165) is 17.9 Å². The molecule has 0 radical (unpaired) electrons. The van der Waals surface area contributed by atoms with Gasteiger partial charge in [0.1, 0.15) is 10.7 Å². The number of sulfonamides is 1. The molecule has 2 rings (SSSR count). The zero-order valence-corrected chi connectivity index (χ0v) is 10.7. The number of nitrogen functional groups attached to an aromatic ring is 1. The van der Waals surface area contributed by atoms with Crippen molar-refractivity contribution < 1.29 is 8.42 Å². The van der Waals surface area contributed by atoms with E-state index in [1.807, 2.05) is 11.5 Å². The molecule has 6 nitrogen and oxygen atoms in total. The van der Waals surface area contributed by atoms with Gasteiger partial charge in [0.2, 0.25) is 10.0 Å². The molecule has 7 heteroatoms. The maximum absolute atomic E-state index is 11.3. The Hall–Kier alpha value is -1.86. The Morgan fingerprint density at radius 1 is 1.39 bits per heavy atom. The van der Waals surface area contributed by atoms with Crippen LogP contribution in [-0.4, -0.2) is 18.0 Å². The molecular weight excluding hydrogens is 252 g/mol. The van der Waals surface area contributed by atoms with Gasteiger partial charge in [-0.1, -0.05) is 6.92 Å². The summed E-state index contributed by atoms with van der Waals surface area (Å²) in [6.07, 6.45) is 4.25. The van der Waals surface area contributed by atoms with E-state index in [-0.39, 0.29) is 10.6 Å². The smallest absolute Gasteiger partial charge is 0.240 e. The van der Waals surface area contributed by atoms with Crippen molar-refractivity contribution >= 4 is 15.7 Å². The van der Waals surface area contributed by atoms with E-state index in [2.05, 4.69) is 4.98 Å². The highest BCUT2D eigenvalue weighted by Crippen LogP contribution is 2.21. The molecule has 0 bridgehead atoms. The standard InChI is InChI=1S/C11H14N4O2S/c1-2-11-14-5-6-15(11)8-3-4-10(9(12)7-8)18(13,16)17/h3-7H,2,12H2,1H3,(H2,13,16,17). The van der Waals surface area contributed by atoms with Crippen LogP contribution >= 0.6 is 0 Å². The molecule has 96 valence electrons. The molecule has 0 spiro atoms. The molecule has 1 aromatic carbocycles. The van der Waals surface area contributed by atoms with Crippen molar-refractivity contribution in [2.45, 2.75) is 18.2 Å². The Morgan fingerprint density at radius 3 is 2.67 bits per heavy atom. The summed E-state index contributed by atoms with van der Waals surface area (Å²) in [5.41, 5.74) is 6.60. The first kappa shape index (κ1) is 12.6. The second-order valence-electron chi connectivity index (χ2n) is 3.83. The van der Waals surface area contributed by atoms with E-state index in [4.69, 9.17) is 10.9 Å². The third-order valence-electron chi connectivity index (χ3n) is 2.61. The average Bonchev–Trinajstić information content (AvgIpc) is 2.74. The molecule has 1 aromatic heterocycles. The predicted octanol–water partition coefficient (Wildman–Crippen LogP) is 0.664. The van der Waals surface area contributed by atoms with Crippen LogP contribution in [0, 0.1) is 0 Å². The highest BCUT2D eigenvalue weighted by molar-refractivity contribution is 7.89. The Kier molecular flexibility index (Phi) is 3.10. The van der Waals surface area contributed by atoms with Crippen molar-refractivity contribution in [2.75, 3.05) is 5.73 Å². The Labute approximate surface area is 105 Å². The molecule has 18 heavy (non-hydrogen) atoms. The quantitative estimate of drug-likeness (QED) is 0.796. The van der Waals surface area contributed by atoms with Gasteiger partial charge in [-0.15, -0.1) is 0 Å². The average molecular weight is 266 g/mol. The number of aryl methyl sites for hydroxylation is 1. The number of aromatic nitrogens is 2. The Bertz CT molecular complexity index is 676. The molecular formula is C11H14N4O2S. The Morgan fingerprint density at radius 2 is 2.11 bits per heavy atom. The summed E-state index contributed by atoms with van der Waals surface area (Å²) in [6, 6.07) is 4.62. The van der Waals surface area contributed by atoms with Crippen LogP contribution < -0.4 is 10.9 Å². The number of anilines is 1. The molecule has 0 saturated carbocycles. The normalized spacial score (nSPS) is 11.7. The summed E-state index contributed by atoms with van der Waals surface area (Å²) in [6.45, 7) is 1.99. The summed E-state index contributed by atoms with van der Waals surface area (Å²) in [4.78, 5) is 4.13. The molecule has 0 unspecified atom stereocenters.